The molecule has 3 nitrogen and oxygen atoms in total. The number of aryl methyl sites for hydroxylation is 3. The van der Waals surface area contributed by atoms with Gasteiger partial charge in [0.2, 0.25) is 0 Å². The number of aromatic nitrogens is 1. The quantitative estimate of drug-likeness (QED) is 0.919. The van der Waals surface area contributed by atoms with E-state index in [0.29, 0.717) is 6.04 Å². The Balaban J connectivity index is 1.72. The van der Waals surface area contributed by atoms with Crippen LogP contribution in [0, 0.1) is 13.8 Å². The van der Waals surface area contributed by atoms with Gasteiger partial charge in [0.25, 0.3) is 0 Å². The van der Waals surface area contributed by atoms with E-state index in [1.165, 1.54) is 30.4 Å². The van der Waals surface area contributed by atoms with Crippen molar-refractivity contribution in [3.05, 3.63) is 38.9 Å². The van der Waals surface area contributed by atoms with E-state index >= 15 is 0 Å². The minimum absolute atomic E-state index is 0.494. The molecule has 1 N–H and O–H groups in total. The highest BCUT2D eigenvalue weighted by molar-refractivity contribution is 7.10. The molecule has 2 aromatic rings. The Morgan fingerprint density at radius 3 is 3.17 bits per heavy atom. The van der Waals surface area contributed by atoms with Crippen LogP contribution in [0.1, 0.15) is 46.3 Å². The van der Waals surface area contributed by atoms with E-state index in [9.17, 15) is 0 Å². The van der Waals surface area contributed by atoms with Gasteiger partial charge in [-0.15, -0.1) is 11.3 Å². The van der Waals surface area contributed by atoms with Gasteiger partial charge in [0.15, 0.2) is 0 Å². The molecule has 3 rings (SSSR count). The van der Waals surface area contributed by atoms with Crippen molar-refractivity contribution in [2.75, 3.05) is 0 Å². The Morgan fingerprint density at radius 1 is 1.50 bits per heavy atom. The molecule has 1 aliphatic carbocycles. The van der Waals surface area contributed by atoms with Gasteiger partial charge in [0, 0.05) is 23.0 Å². The summed E-state index contributed by atoms with van der Waals surface area (Å²) in [5, 5.41) is 9.86. The highest BCUT2D eigenvalue weighted by atomic mass is 32.1. The van der Waals surface area contributed by atoms with Crippen LogP contribution in [0.15, 0.2) is 16.0 Å². The second kappa shape index (κ2) is 4.86. The average Bonchev–Trinajstić information content (AvgIpc) is 2.95. The van der Waals surface area contributed by atoms with Crippen LogP contribution in [-0.4, -0.2) is 5.16 Å². The van der Waals surface area contributed by atoms with Crippen LogP contribution >= 0.6 is 11.3 Å². The molecular weight excluding hydrogens is 244 g/mol. The summed E-state index contributed by atoms with van der Waals surface area (Å²) in [6, 6.07) is 2.76. The predicted molar refractivity (Wildman–Crippen MR) is 72.8 cm³/mol. The van der Waals surface area contributed by atoms with Crippen molar-refractivity contribution < 1.29 is 4.52 Å². The largest absolute Gasteiger partial charge is 0.361 e. The van der Waals surface area contributed by atoms with E-state index in [0.717, 1.165) is 18.0 Å². The maximum atomic E-state index is 5.20. The molecule has 18 heavy (non-hydrogen) atoms. The van der Waals surface area contributed by atoms with E-state index in [-0.39, 0.29) is 0 Å². The summed E-state index contributed by atoms with van der Waals surface area (Å²) >= 11 is 1.89. The lowest BCUT2D eigenvalue weighted by Gasteiger charge is -2.23. The molecule has 0 saturated carbocycles. The van der Waals surface area contributed by atoms with Crippen LogP contribution in [-0.2, 0) is 13.0 Å². The first kappa shape index (κ1) is 11.9. The molecule has 96 valence electrons. The van der Waals surface area contributed by atoms with Gasteiger partial charge in [0.1, 0.15) is 5.76 Å². The number of hydrogen-bond donors (Lipinski definition) is 1. The number of thiophene rings is 1. The van der Waals surface area contributed by atoms with Crippen LogP contribution in [0.5, 0.6) is 0 Å². The normalized spacial score (nSPS) is 18.9. The Bertz CT molecular complexity index is 524. The molecule has 0 saturated heterocycles. The minimum Gasteiger partial charge on any atom is -0.361 e. The first-order chi connectivity index (χ1) is 8.75. The summed E-state index contributed by atoms with van der Waals surface area (Å²) in [5.74, 6) is 0.932. The fourth-order valence-corrected chi connectivity index (χ4v) is 3.67. The van der Waals surface area contributed by atoms with Gasteiger partial charge in [-0.25, -0.2) is 0 Å². The van der Waals surface area contributed by atoms with Gasteiger partial charge < -0.3 is 9.84 Å². The van der Waals surface area contributed by atoms with Crippen molar-refractivity contribution in [3.63, 3.8) is 0 Å². The number of fused-ring (bicyclic) bond motifs is 1. The van der Waals surface area contributed by atoms with E-state index in [1.807, 2.05) is 25.2 Å². The maximum absolute atomic E-state index is 5.20. The Kier molecular flexibility index (Phi) is 3.22. The lowest BCUT2D eigenvalue weighted by Crippen LogP contribution is -2.24. The fraction of sp³-hybridized carbons (Fsp3) is 0.500. The van der Waals surface area contributed by atoms with Crippen molar-refractivity contribution in [1.29, 1.82) is 0 Å². The van der Waals surface area contributed by atoms with Crippen molar-refractivity contribution in [2.45, 2.75) is 45.7 Å². The highest BCUT2D eigenvalue weighted by Gasteiger charge is 2.21. The smallest absolute Gasteiger partial charge is 0.138 e. The van der Waals surface area contributed by atoms with Gasteiger partial charge in [-0.1, -0.05) is 5.16 Å². The molecule has 2 aromatic heterocycles. The Hall–Kier alpha value is -1.13. The molecule has 1 aliphatic rings. The third kappa shape index (κ3) is 2.10. The average molecular weight is 262 g/mol. The summed E-state index contributed by atoms with van der Waals surface area (Å²) in [6.45, 7) is 4.83. The molecule has 4 heteroatoms. The van der Waals surface area contributed by atoms with Crippen LogP contribution in [0.25, 0.3) is 0 Å². The zero-order valence-corrected chi connectivity index (χ0v) is 11.6. The van der Waals surface area contributed by atoms with Crippen molar-refractivity contribution >= 4 is 11.3 Å². The third-order valence-corrected chi connectivity index (χ3v) is 4.75. The first-order valence-electron chi connectivity index (χ1n) is 6.47. The lowest BCUT2D eigenvalue weighted by molar-refractivity contribution is 0.390. The Labute approximate surface area is 111 Å². The van der Waals surface area contributed by atoms with Crippen molar-refractivity contribution in [2.24, 2.45) is 0 Å². The second-order valence-electron chi connectivity index (χ2n) is 4.93. The SMILES string of the molecule is Cc1noc(C)c1CNC1CCCc2sccc21. The molecule has 0 radical (unpaired) electrons. The second-order valence-corrected chi connectivity index (χ2v) is 5.93. The van der Waals surface area contributed by atoms with E-state index in [4.69, 9.17) is 4.52 Å². The van der Waals surface area contributed by atoms with Gasteiger partial charge in [-0.05, 0) is 50.1 Å². The summed E-state index contributed by atoms with van der Waals surface area (Å²) in [6.07, 6.45) is 3.76. The standard InChI is InChI=1S/C14H18N2OS/c1-9-12(10(2)17-16-9)8-15-13-4-3-5-14-11(13)6-7-18-14/h6-7,13,15H,3-5,8H2,1-2H3. The molecule has 2 heterocycles. The van der Waals surface area contributed by atoms with Gasteiger partial charge >= 0.3 is 0 Å². The summed E-state index contributed by atoms with van der Waals surface area (Å²) in [4.78, 5) is 1.55. The van der Waals surface area contributed by atoms with Crippen molar-refractivity contribution in [3.8, 4) is 0 Å². The number of nitrogens with one attached hydrogen (secondary N) is 1. The van der Waals surface area contributed by atoms with Crippen LogP contribution in [0.3, 0.4) is 0 Å². The topological polar surface area (TPSA) is 38.1 Å². The van der Waals surface area contributed by atoms with E-state index in [2.05, 4.69) is 21.9 Å². The van der Waals surface area contributed by atoms with Crippen molar-refractivity contribution in [1.82, 2.24) is 10.5 Å². The number of hydrogen-bond acceptors (Lipinski definition) is 4. The van der Waals surface area contributed by atoms with Gasteiger partial charge in [-0.3, -0.25) is 0 Å². The molecule has 0 amide bonds. The van der Waals surface area contributed by atoms with Gasteiger partial charge in [0.05, 0.1) is 5.69 Å². The van der Waals surface area contributed by atoms with E-state index in [1.54, 1.807) is 4.88 Å². The minimum atomic E-state index is 0.494. The van der Waals surface area contributed by atoms with Crippen LogP contribution in [0.4, 0.5) is 0 Å². The summed E-state index contributed by atoms with van der Waals surface area (Å²) in [7, 11) is 0. The third-order valence-electron chi connectivity index (χ3n) is 3.76. The zero-order chi connectivity index (χ0) is 12.5. The molecule has 0 aromatic carbocycles. The van der Waals surface area contributed by atoms with Crippen LogP contribution < -0.4 is 5.32 Å². The predicted octanol–water partition coefficient (Wildman–Crippen LogP) is 3.52. The molecule has 1 unspecified atom stereocenters. The zero-order valence-electron chi connectivity index (χ0n) is 10.8. The monoisotopic (exact) mass is 262 g/mol. The number of nitrogens with zero attached hydrogens (tertiary/aromatic N) is 1. The summed E-state index contributed by atoms with van der Waals surface area (Å²) in [5.41, 5.74) is 3.71. The molecule has 0 spiro atoms. The van der Waals surface area contributed by atoms with E-state index < -0.39 is 0 Å². The molecule has 0 aliphatic heterocycles. The van der Waals surface area contributed by atoms with Gasteiger partial charge in [-0.2, -0.15) is 0 Å². The number of rotatable bonds is 3. The molecular formula is C14H18N2OS. The highest BCUT2D eigenvalue weighted by Crippen LogP contribution is 2.33. The molecule has 0 fully saturated rings. The van der Waals surface area contributed by atoms with Crippen LogP contribution in [0.2, 0.25) is 0 Å². The Morgan fingerprint density at radius 2 is 2.39 bits per heavy atom. The first-order valence-corrected chi connectivity index (χ1v) is 7.35. The summed E-state index contributed by atoms with van der Waals surface area (Å²) < 4.78 is 5.20. The lowest BCUT2D eigenvalue weighted by atomic mass is 9.94. The maximum Gasteiger partial charge on any atom is 0.138 e. The fourth-order valence-electron chi connectivity index (χ4n) is 2.68. The molecule has 1 atom stereocenters. The molecule has 0 bridgehead atoms.